The molecule has 0 aliphatic heterocycles. The molecular formula is C12H13NO. The second kappa shape index (κ2) is 3.66. The summed E-state index contributed by atoms with van der Waals surface area (Å²) in [6.45, 7) is 0. The van der Waals surface area contributed by atoms with E-state index in [-0.39, 0.29) is 5.91 Å². The largest absolute Gasteiger partial charge is 0.355 e. The van der Waals surface area contributed by atoms with E-state index >= 15 is 0 Å². The third kappa shape index (κ3) is 1.55. The summed E-state index contributed by atoms with van der Waals surface area (Å²) in [5.41, 5.74) is 3.39. The number of amides is 1. The first-order valence-electron chi connectivity index (χ1n) is 4.82. The van der Waals surface area contributed by atoms with Crippen LogP contribution in [0, 0.1) is 0 Å². The smallest absolute Gasteiger partial charge is 0.246 e. The third-order valence-electron chi connectivity index (χ3n) is 2.57. The minimum absolute atomic E-state index is 0.0412. The van der Waals surface area contributed by atoms with Crippen LogP contribution >= 0.6 is 0 Å². The molecule has 1 aliphatic carbocycles. The van der Waals surface area contributed by atoms with Crippen molar-refractivity contribution in [2.45, 2.75) is 12.8 Å². The van der Waals surface area contributed by atoms with Gasteiger partial charge in [0.25, 0.3) is 0 Å². The van der Waals surface area contributed by atoms with Crippen molar-refractivity contribution in [1.82, 2.24) is 5.32 Å². The second-order valence-electron chi connectivity index (χ2n) is 3.45. The van der Waals surface area contributed by atoms with Gasteiger partial charge >= 0.3 is 0 Å². The number of carbonyl (C=O) groups is 1. The number of aryl methyl sites for hydroxylation is 1. The highest BCUT2D eigenvalue weighted by molar-refractivity contribution is 5.98. The molecule has 1 aliphatic rings. The molecule has 0 atom stereocenters. The predicted octanol–water partition coefficient (Wildman–Crippen LogP) is 1.76. The lowest BCUT2D eigenvalue weighted by Crippen LogP contribution is -2.21. The number of nitrogens with one attached hydrogen (secondary N) is 1. The molecule has 0 radical (unpaired) electrons. The summed E-state index contributed by atoms with van der Waals surface area (Å²) in [7, 11) is 1.67. The molecule has 72 valence electrons. The van der Waals surface area contributed by atoms with Crippen LogP contribution in [0.25, 0.3) is 6.08 Å². The summed E-state index contributed by atoms with van der Waals surface area (Å²) in [6, 6.07) is 8.21. The Labute approximate surface area is 83.6 Å². The highest BCUT2D eigenvalue weighted by Gasteiger charge is 2.13. The summed E-state index contributed by atoms with van der Waals surface area (Å²) in [6.07, 6.45) is 3.80. The molecule has 2 nitrogen and oxygen atoms in total. The van der Waals surface area contributed by atoms with E-state index in [0.29, 0.717) is 0 Å². The standard InChI is InChI=1S/C12H13NO/c1-13-12(14)11-7-6-9-4-2-3-5-10(9)8-11/h2-5,8H,6-7H2,1H3,(H,13,14). The van der Waals surface area contributed by atoms with Crippen molar-refractivity contribution in [2.75, 3.05) is 7.05 Å². The maximum absolute atomic E-state index is 11.4. The number of likely N-dealkylation sites (N-methyl/N-ethyl adjacent to an activating group) is 1. The molecule has 0 unspecified atom stereocenters. The van der Waals surface area contributed by atoms with E-state index in [1.807, 2.05) is 18.2 Å². The Balaban J connectivity index is 2.36. The van der Waals surface area contributed by atoms with Crippen molar-refractivity contribution in [3.05, 3.63) is 41.0 Å². The van der Waals surface area contributed by atoms with Gasteiger partial charge in [-0.05, 0) is 30.0 Å². The first-order valence-corrected chi connectivity index (χ1v) is 4.82. The summed E-state index contributed by atoms with van der Waals surface area (Å²) in [5.74, 6) is 0.0412. The summed E-state index contributed by atoms with van der Waals surface area (Å²) < 4.78 is 0. The molecule has 1 aromatic rings. The highest BCUT2D eigenvalue weighted by Crippen LogP contribution is 2.23. The van der Waals surface area contributed by atoms with Crippen LogP contribution in [0.5, 0.6) is 0 Å². The van der Waals surface area contributed by atoms with E-state index in [9.17, 15) is 4.79 Å². The van der Waals surface area contributed by atoms with E-state index < -0.39 is 0 Å². The fourth-order valence-electron chi connectivity index (χ4n) is 1.77. The number of carbonyl (C=O) groups excluding carboxylic acids is 1. The monoisotopic (exact) mass is 187 g/mol. The van der Waals surface area contributed by atoms with Crippen LogP contribution < -0.4 is 5.32 Å². The van der Waals surface area contributed by atoms with Gasteiger partial charge < -0.3 is 5.32 Å². The maximum Gasteiger partial charge on any atom is 0.246 e. The molecule has 0 fully saturated rings. The molecule has 0 aromatic heterocycles. The molecule has 0 saturated carbocycles. The highest BCUT2D eigenvalue weighted by atomic mass is 16.1. The van der Waals surface area contributed by atoms with Crippen molar-refractivity contribution in [1.29, 1.82) is 0 Å². The molecule has 2 heteroatoms. The van der Waals surface area contributed by atoms with Crippen molar-refractivity contribution >= 4 is 12.0 Å². The van der Waals surface area contributed by atoms with E-state index in [2.05, 4.69) is 17.4 Å². The number of rotatable bonds is 1. The van der Waals surface area contributed by atoms with Crippen LogP contribution in [-0.4, -0.2) is 13.0 Å². The van der Waals surface area contributed by atoms with Gasteiger partial charge in [0.2, 0.25) is 5.91 Å². The normalized spacial score (nSPS) is 14.2. The molecule has 0 heterocycles. The fourth-order valence-corrected chi connectivity index (χ4v) is 1.77. The van der Waals surface area contributed by atoms with Gasteiger partial charge in [-0.25, -0.2) is 0 Å². The summed E-state index contributed by atoms with van der Waals surface area (Å²) in [4.78, 5) is 11.4. The molecule has 1 aromatic carbocycles. The van der Waals surface area contributed by atoms with Crippen molar-refractivity contribution in [3.63, 3.8) is 0 Å². The molecule has 0 bridgehead atoms. The van der Waals surface area contributed by atoms with E-state index in [1.54, 1.807) is 7.05 Å². The lowest BCUT2D eigenvalue weighted by atomic mass is 9.92. The van der Waals surface area contributed by atoms with Crippen molar-refractivity contribution in [2.24, 2.45) is 0 Å². The molecular weight excluding hydrogens is 174 g/mol. The number of hydrogen-bond acceptors (Lipinski definition) is 1. The van der Waals surface area contributed by atoms with E-state index in [4.69, 9.17) is 0 Å². The van der Waals surface area contributed by atoms with Crippen molar-refractivity contribution in [3.8, 4) is 0 Å². The van der Waals surface area contributed by atoms with Crippen LogP contribution in [0.4, 0.5) is 0 Å². The first kappa shape index (κ1) is 9.00. The minimum atomic E-state index is 0.0412. The number of benzene rings is 1. The van der Waals surface area contributed by atoms with Gasteiger partial charge in [0, 0.05) is 12.6 Å². The summed E-state index contributed by atoms with van der Waals surface area (Å²) in [5, 5.41) is 2.66. The van der Waals surface area contributed by atoms with Crippen LogP contribution in [0.3, 0.4) is 0 Å². The van der Waals surface area contributed by atoms with Gasteiger partial charge in [0.1, 0.15) is 0 Å². The first-order chi connectivity index (χ1) is 6.81. The molecule has 0 saturated heterocycles. The van der Waals surface area contributed by atoms with Crippen LogP contribution in [-0.2, 0) is 11.2 Å². The lowest BCUT2D eigenvalue weighted by molar-refractivity contribution is -0.117. The Morgan fingerprint density at radius 3 is 2.86 bits per heavy atom. The Kier molecular flexibility index (Phi) is 2.35. The average Bonchev–Trinajstić information content (AvgIpc) is 2.27. The van der Waals surface area contributed by atoms with Crippen LogP contribution in [0.1, 0.15) is 17.5 Å². The van der Waals surface area contributed by atoms with Gasteiger partial charge in [-0.3, -0.25) is 4.79 Å². The summed E-state index contributed by atoms with van der Waals surface area (Å²) >= 11 is 0. The molecule has 1 amide bonds. The zero-order valence-corrected chi connectivity index (χ0v) is 8.21. The van der Waals surface area contributed by atoms with Gasteiger partial charge in [-0.15, -0.1) is 0 Å². The van der Waals surface area contributed by atoms with Gasteiger partial charge in [-0.2, -0.15) is 0 Å². The van der Waals surface area contributed by atoms with Gasteiger partial charge in [-0.1, -0.05) is 24.3 Å². The Bertz CT molecular complexity index is 393. The fraction of sp³-hybridized carbons (Fsp3) is 0.250. The molecule has 0 spiro atoms. The SMILES string of the molecule is CNC(=O)C1=Cc2ccccc2CC1. The zero-order valence-electron chi connectivity index (χ0n) is 8.21. The number of fused-ring (bicyclic) bond motifs is 1. The van der Waals surface area contributed by atoms with E-state index in [1.165, 1.54) is 11.1 Å². The predicted molar refractivity (Wildman–Crippen MR) is 56.8 cm³/mol. The Hall–Kier alpha value is -1.57. The lowest BCUT2D eigenvalue weighted by Gasteiger charge is -2.14. The van der Waals surface area contributed by atoms with Crippen molar-refractivity contribution < 1.29 is 4.79 Å². The Morgan fingerprint density at radius 1 is 1.29 bits per heavy atom. The zero-order chi connectivity index (χ0) is 9.97. The maximum atomic E-state index is 11.4. The molecule has 2 rings (SSSR count). The topological polar surface area (TPSA) is 29.1 Å². The quantitative estimate of drug-likeness (QED) is 0.713. The third-order valence-corrected chi connectivity index (χ3v) is 2.57. The minimum Gasteiger partial charge on any atom is -0.355 e. The average molecular weight is 187 g/mol. The van der Waals surface area contributed by atoms with Crippen LogP contribution in [0.15, 0.2) is 29.8 Å². The molecule has 1 N–H and O–H groups in total. The second-order valence-corrected chi connectivity index (χ2v) is 3.45. The van der Waals surface area contributed by atoms with Crippen LogP contribution in [0.2, 0.25) is 0 Å². The van der Waals surface area contributed by atoms with Gasteiger partial charge in [0.05, 0.1) is 0 Å². The Morgan fingerprint density at radius 2 is 2.07 bits per heavy atom. The van der Waals surface area contributed by atoms with Gasteiger partial charge in [0.15, 0.2) is 0 Å². The molecule has 14 heavy (non-hydrogen) atoms. The van der Waals surface area contributed by atoms with E-state index in [0.717, 1.165) is 18.4 Å². The number of hydrogen-bond donors (Lipinski definition) is 1.